The summed E-state index contributed by atoms with van der Waals surface area (Å²) in [7, 11) is 0. The average molecular weight is 213 g/mol. The van der Waals surface area contributed by atoms with Crippen LogP contribution in [0.4, 0.5) is 5.82 Å². The summed E-state index contributed by atoms with van der Waals surface area (Å²) in [5, 5.41) is 0.676. The van der Waals surface area contributed by atoms with Crippen molar-refractivity contribution < 1.29 is 4.74 Å². The smallest absolute Gasteiger partial charge is 0.128 e. The number of hydrogen-bond donors (Lipinski definition) is 0. The Hall–Kier alpha value is -0.800. The molecule has 2 heterocycles. The lowest BCUT2D eigenvalue weighted by Gasteiger charge is -2.34. The summed E-state index contributed by atoms with van der Waals surface area (Å²) < 4.78 is 5.36. The third-order valence-corrected chi connectivity index (χ3v) is 2.60. The van der Waals surface area contributed by atoms with Gasteiger partial charge in [0, 0.05) is 12.7 Å². The zero-order valence-corrected chi connectivity index (χ0v) is 8.87. The van der Waals surface area contributed by atoms with Gasteiger partial charge in [-0.15, -0.1) is 0 Å². The lowest BCUT2D eigenvalue weighted by molar-refractivity contribution is 0.0985. The van der Waals surface area contributed by atoms with Crippen LogP contribution in [0.25, 0.3) is 0 Å². The van der Waals surface area contributed by atoms with Crippen molar-refractivity contribution in [3.05, 3.63) is 23.4 Å². The maximum Gasteiger partial charge on any atom is 0.128 e. The van der Waals surface area contributed by atoms with Crippen molar-refractivity contribution in [2.24, 2.45) is 0 Å². The number of nitrogens with zero attached hydrogens (tertiary/aromatic N) is 2. The van der Waals surface area contributed by atoms with Gasteiger partial charge in [-0.1, -0.05) is 11.6 Å². The Kier molecular flexibility index (Phi) is 2.89. The van der Waals surface area contributed by atoms with E-state index in [0.717, 1.165) is 25.6 Å². The highest BCUT2D eigenvalue weighted by Gasteiger charge is 2.19. The molecule has 0 bridgehead atoms. The summed E-state index contributed by atoms with van der Waals surface area (Å²) in [4.78, 5) is 6.53. The van der Waals surface area contributed by atoms with E-state index in [0.29, 0.717) is 11.1 Å². The molecular weight excluding hydrogens is 200 g/mol. The SMILES string of the molecule is CC1COCCN1c1ccc(Cl)cn1. The molecule has 76 valence electrons. The maximum absolute atomic E-state index is 5.78. The van der Waals surface area contributed by atoms with Gasteiger partial charge in [0.05, 0.1) is 24.3 Å². The lowest BCUT2D eigenvalue weighted by Crippen LogP contribution is -2.44. The quantitative estimate of drug-likeness (QED) is 0.712. The van der Waals surface area contributed by atoms with Crippen LogP contribution < -0.4 is 4.90 Å². The van der Waals surface area contributed by atoms with Gasteiger partial charge in [0.25, 0.3) is 0 Å². The average Bonchev–Trinajstić information content (AvgIpc) is 2.20. The number of halogens is 1. The van der Waals surface area contributed by atoms with E-state index in [-0.39, 0.29) is 0 Å². The summed E-state index contributed by atoms with van der Waals surface area (Å²) in [6, 6.07) is 4.20. The molecule has 0 amide bonds. The normalized spacial score (nSPS) is 22.4. The highest BCUT2D eigenvalue weighted by Crippen LogP contribution is 2.18. The van der Waals surface area contributed by atoms with Crippen LogP contribution in [0.15, 0.2) is 18.3 Å². The molecule has 0 spiro atoms. The third-order valence-electron chi connectivity index (χ3n) is 2.37. The van der Waals surface area contributed by atoms with Crippen LogP contribution in [-0.2, 0) is 4.74 Å². The largest absolute Gasteiger partial charge is 0.377 e. The summed E-state index contributed by atoms with van der Waals surface area (Å²) in [5.41, 5.74) is 0. The maximum atomic E-state index is 5.78. The summed E-state index contributed by atoms with van der Waals surface area (Å²) in [6.07, 6.45) is 1.68. The minimum absolute atomic E-state index is 0.387. The first-order valence-electron chi connectivity index (χ1n) is 4.73. The van der Waals surface area contributed by atoms with Crippen LogP contribution in [0.2, 0.25) is 5.02 Å². The Morgan fingerprint density at radius 2 is 2.43 bits per heavy atom. The number of morpholine rings is 1. The van der Waals surface area contributed by atoms with E-state index < -0.39 is 0 Å². The van der Waals surface area contributed by atoms with Crippen LogP contribution >= 0.6 is 11.6 Å². The predicted octanol–water partition coefficient (Wildman–Crippen LogP) is 1.96. The van der Waals surface area contributed by atoms with E-state index >= 15 is 0 Å². The second kappa shape index (κ2) is 4.15. The van der Waals surface area contributed by atoms with Gasteiger partial charge in [0.2, 0.25) is 0 Å². The van der Waals surface area contributed by atoms with Crippen molar-refractivity contribution in [1.29, 1.82) is 0 Å². The summed E-state index contributed by atoms with van der Waals surface area (Å²) in [5.74, 6) is 0.977. The van der Waals surface area contributed by atoms with E-state index in [1.54, 1.807) is 6.20 Å². The second-order valence-electron chi connectivity index (χ2n) is 3.45. The molecule has 1 aromatic rings. The molecule has 3 nitrogen and oxygen atoms in total. The Bertz CT molecular complexity index is 301. The fourth-order valence-electron chi connectivity index (χ4n) is 1.61. The van der Waals surface area contributed by atoms with Crippen molar-refractivity contribution in [2.45, 2.75) is 13.0 Å². The number of pyridine rings is 1. The van der Waals surface area contributed by atoms with E-state index in [2.05, 4.69) is 16.8 Å². The molecule has 0 radical (unpaired) electrons. The molecular formula is C10H13ClN2O. The summed E-state index contributed by atoms with van der Waals surface area (Å²) >= 11 is 5.78. The fourth-order valence-corrected chi connectivity index (χ4v) is 1.72. The van der Waals surface area contributed by atoms with E-state index in [1.807, 2.05) is 12.1 Å². The number of ether oxygens (including phenoxy) is 1. The molecule has 1 aliphatic rings. The van der Waals surface area contributed by atoms with Crippen LogP contribution in [0.5, 0.6) is 0 Å². The molecule has 0 N–H and O–H groups in total. The van der Waals surface area contributed by atoms with Gasteiger partial charge in [-0.05, 0) is 19.1 Å². The Morgan fingerprint density at radius 1 is 1.57 bits per heavy atom. The first-order valence-corrected chi connectivity index (χ1v) is 5.11. The molecule has 0 aromatic carbocycles. The highest BCUT2D eigenvalue weighted by atomic mass is 35.5. The predicted molar refractivity (Wildman–Crippen MR) is 56.9 cm³/mol. The molecule has 1 atom stereocenters. The number of rotatable bonds is 1. The molecule has 0 aliphatic carbocycles. The number of aromatic nitrogens is 1. The van der Waals surface area contributed by atoms with Crippen molar-refractivity contribution >= 4 is 17.4 Å². The van der Waals surface area contributed by atoms with Crippen molar-refractivity contribution in [1.82, 2.24) is 4.98 Å². The molecule has 2 rings (SSSR count). The van der Waals surface area contributed by atoms with Gasteiger partial charge in [-0.2, -0.15) is 0 Å². The van der Waals surface area contributed by atoms with Crippen LogP contribution in [-0.4, -0.2) is 30.8 Å². The molecule has 1 aromatic heterocycles. The van der Waals surface area contributed by atoms with Crippen LogP contribution in [0.1, 0.15) is 6.92 Å². The van der Waals surface area contributed by atoms with Gasteiger partial charge in [0.1, 0.15) is 5.82 Å². The summed E-state index contributed by atoms with van der Waals surface area (Å²) in [6.45, 7) is 4.57. The fraction of sp³-hybridized carbons (Fsp3) is 0.500. The van der Waals surface area contributed by atoms with Crippen molar-refractivity contribution in [2.75, 3.05) is 24.7 Å². The molecule has 4 heteroatoms. The van der Waals surface area contributed by atoms with Gasteiger partial charge in [-0.3, -0.25) is 0 Å². The van der Waals surface area contributed by atoms with Gasteiger partial charge >= 0.3 is 0 Å². The van der Waals surface area contributed by atoms with E-state index in [4.69, 9.17) is 16.3 Å². The highest BCUT2D eigenvalue weighted by molar-refractivity contribution is 6.30. The Balaban J connectivity index is 2.16. The first kappa shape index (κ1) is 9.74. The number of hydrogen-bond acceptors (Lipinski definition) is 3. The van der Waals surface area contributed by atoms with E-state index in [1.165, 1.54) is 0 Å². The van der Waals surface area contributed by atoms with Crippen LogP contribution in [0.3, 0.4) is 0 Å². The Labute approximate surface area is 88.6 Å². The Morgan fingerprint density at radius 3 is 3.07 bits per heavy atom. The van der Waals surface area contributed by atoms with Crippen molar-refractivity contribution in [3.63, 3.8) is 0 Å². The van der Waals surface area contributed by atoms with Crippen molar-refractivity contribution in [3.8, 4) is 0 Å². The first-order chi connectivity index (χ1) is 6.77. The monoisotopic (exact) mass is 212 g/mol. The molecule has 14 heavy (non-hydrogen) atoms. The topological polar surface area (TPSA) is 25.4 Å². The van der Waals surface area contributed by atoms with Gasteiger partial charge in [-0.25, -0.2) is 4.98 Å². The zero-order chi connectivity index (χ0) is 9.97. The number of anilines is 1. The standard InChI is InChI=1S/C10H13ClN2O/c1-8-7-14-5-4-13(8)10-3-2-9(11)6-12-10/h2-3,6,8H,4-5,7H2,1H3. The molecule has 1 fully saturated rings. The zero-order valence-electron chi connectivity index (χ0n) is 8.11. The van der Waals surface area contributed by atoms with Gasteiger partial charge < -0.3 is 9.64 Å². The molecule has 0 saturated carbocycles. The molecule has 1 saturated heterocycles. The van der Waals surface area contributed by atoms with Gasteiger partial charge in [0.15, 0.2) is 0 Å². The second-order valence-corrected chi connectivity index (χ2v) is 3.89. The minimum Gasteiger partial charge on any atom is -0.377 e. The minimum atomic E-state index is 0.387. The molecule has 1 aliphatic heterocycles. The lowest BCUT2D eigenvalue weighted by atomic mass is 10.2. The van der Waals surface area contributed by atoms with Crippen LogP contribution in [0, 0.1) is 0 Å². The molecule has 1 unspecified atom stereocenters. The van der Waals surface area contributed by atoms with E-state index in [9.17, 15) is 0 Å². The third kappa shape index (κ3) is 1.99.